The number of phosphoric ester groups is 1. The summed E-state index contributed by atoms with van der Waals surface area (Å²) in [5, 5.41) is 10.2. The number of phosphoric acid groups is 1. The van der Waals surface area contributed by atoms with Gasteiger partial charge in [0.25, 0.3) is 0 Å². The van der Waals surface area contributed by atoms with E-state index in [1.165, 1.54) is 128 Å². The summed E-state index contributed by atoms with van der Waals surface area (Å²) >= 11 is 0. The second-order valence-electron chi connectivity index (χ2n) is 14.9. The zero-order valence-corrected chi connectivity index (χ0v) is 35.4. The first-order valence-electron chi connectivity index (χ1n) is 21.9. The molecular weight excluding hydrogens is 703 g/mol. The molecule has 0 aromatic rings. The van der Waals surface area contributed by atoms with Gasteiger partial charge in [-0.05, 0) is 38.5 Å². The minimum atomic E-state index is -4.81. The Morgan fingerprint density at radius 3 is 1.57 bits per heavy atom. The largest absolute Gasteiger partial charge is 0.469 e. The Balaban J connectivity index is 4.05. The number of unbranched alkanes of at least 4 members (excludes halogenated alkanes) is 23. The van der Waals surface area contributed by atoms with E-state index in [0.29, 0.717) is 19.3 Å². The molecule has 0 saturated carbocycles. The van der Waals surface area contributed by atoms with Crippen molar-refractivity contribution in [1.29, 1.82) is 0 Å². The smallest absolute Gasteiger partial charge is 0.462 e. The average Bonchev–Trinajstić information content (AvgIpc) is 3.13. The van der Waals surface area contributed by atoms with Crippen LogP contribution in [0, 0.1) is 0 Å². The Hall–Kier alpha value is -1.77. The van der Waals surface area contributed by atoms with E-state index in [1.54, 1.807) is 12.2 Å². The third-order valence-electron chi connectivity index (χ3n) is 9.52. The normalized spacial score (nSPS) is 13.4. The molecule has 0 heterocycles. The highest BCUT2D eigenvalue weighted by molar-refractivity contribution is 7.46. The Morgan fingerprint density at radius 1 is 0.574 bits per heavy atom. The van der Waals surface area contributed by atoms with Crippen molar-refractivity contribution in [1.82, 2.24) is 0 Å². The van der Waals surface area contributed by atoms with Crippen molar-refractivity contribution in [2.45, 2.75) is 219 Å². The molecule has 3 N–H and O–H groups in total. The third kappa shape index (κ3) is 41.4. The van der Waals surface area contributed by atoms with Gasteiger partial charge in [-0.2, -0.15) is 0 Å². The third-order valence-corrected chi connectivity index (χ3v) is 10.0. The number of ether oxygens (including phenoxy) is 2. The molecule has 0 aromatic carbocycles. The maximum Gasteiger partial charge on any atom is 0.469 e. The zero-order valence-electron chi connectivity index (χ0n) is 34.5. The lowest BCUT2D eigenvalue weighted by atomic mass is 10.0. The first-order chi connectivity index (χ1) is 26.2. The molecule has 0 spiro atoms. The second-order valence-corrected chi connectivity index (χ2v) is 16.1. The summed E-state index contributed by atoms with van der Waals surface area (Å²) in [5.74, 6) is -1.07. The molecular formula is C44H81O9P. The standard InChI is InChI=1S/C44H81O9P/c1-3-5-7-9-11-13-15-17-18-19-20-21-23-25-27-29-31-33-37-43(46)51-39-42(40-52-54(48,49)50)53-44(47)38-34-36-41(45)35-32-30-28-26-24-22-16-14-12-10-8-6-4-2/h22,24,28,30,32,35,41-42,45H,3-21,23,25-27,29,31,33-34,36-40H2,1-2H3,(H2,48,49,50)/b24-22+,30-28+,35-32+/t41?,42-/m1/s1. The van der Waals surface area contributed by atoms with Crippen LogP contribution < -0.4 is 0 Å². The lowest BCUT2D eigenvalue weighted by Crippen LogP contribution is -2.29. The van der Waals surface area contributed by atoms with E-state index in [4.69, 9.17) is 19.3 Å². The molecule has 54 heavy (non-hydrogen) atoms. The molecule has 0 aliphatic heterocycles. The number of allylic oxidation sites excluding steroid dienone is 5. The van der Waals surface area contributed by atoms with Crippen LogP contribution in [-0.2, 0) is 28.2 Å². The molecule has 2 atom stereocenters. The average molecular weight is 785 g/mol. The van der Waals surface area contributed by atoms with Crippen molar-refractivity contribution < 1.29 is 43.0 Å². The minimum absolute atomic E-state index is 0.0101. The molecule has 10 heteroatoms. The lowest BCUT2D eigenvalue weighted by Gasteiger charge is -2.18. The summed E-state index contributed by atoms with van der Waals surface area (Å²) in [6.45, 7) is 3.54. The maximum absolute atomic E-state index is 12.4. The Bertz CT molecular complexity index is 991. The molecule has 0 amide bonds. The number of rotatable bonds is 40. The molecule has 0 aliphatic rings. The first kappa shape index (κ1) is 52.2. The quantitative estimate of drug-likeness (QED) is 0.0182. The molecule has 0 aliphatic carbocycles. The Kier molecular flexibility index (Phi) is 38.2. The molecule has 0 radical (unpaired) electrons. The monoisotopic (exact) mass is 785 g/mol. The summed E-state index contributed by atoms with van der Waals surface area (Å²) in [6.07, 6.45) is 43.3. The molecule has 316 valence electrons. The number of aliphatic hydroxyl groups is 1. The Labute approximate surface area is 330 Å². The van der Waals surface area contributed by atoms with E-state index in [1.807, 2.05) is 12.2 Å². The summed E-state index contributed by atoms with van der Waals surface area (Å²) < 4.78 is 26.3. The summed E-state index contributed by atoms with van der Waals surface area (Å²) in [7, 11) is -4.81. The van der Waals surface area contributed by atoms with Gasteiger partial charge in [0.15, 0.2) is 6.10 Å². The molecule has 1 unspecified atom stereocenters. The Morgan fingerprint density at radius 2 is 1.06 bits per heavy atom. The molecule has 9 nitrogen and oxygen atoms in total. The van der Waals surface area contributed by atoms with Crippen LogP contribution in [-0.4, -0.2) is 52.3 Å². The molecule has 0 bridgehead atoms. The van der Waals surface area contributed by atoms with Gasteiger partial charge in [-0.25, -0.2) is 4.57 Å². The van der Waals surface area contributed by atoms with Gasteiger partial charge in [-0.15, -0.1) is 0 Å². The van der Waals surface area contributed by atoms with Crippen LogP contribution in [0.3, 0.4) is 0 Å². The van der Waals surface area contributed by atoms with E-state index >= 15 is 0 Å². The maximum atomic E-state index is 12.4. The van der Waals surface area contributed by atoms with Crippen molar-refractivity contribution in [3.63, 3.8) is 0 Å². The van der Waals surface area contributed by atoms with Crippen LogP contribution in [0.4, 0.5) is 0 Å². The number of aliphatic hydroxyl groups excluding tert-OH is 1. The van der Waals surface area contributed by atoms with Crippen molar-refractivity contribution in [3.05, 3.63) is 36.5 Å². The van der Waals surface area contributed by atoms with E-state index in [-0.39, 0.29) is 19.4 Å². The van der Waals surface area contributed by atoms with Crippen LogP contribution in [0.25, 0.3) is 0 Å². The summed E-state index contributed by atoms with van der Waals surface area (Å²) in [4.78, 5) is 42.9. The topological polar surface area (TPSA) is 140 Å². The van der Waals surface area contributed by atoms with Gasteiger partial charge in [-0.3, -0.25) is 14.1 Å². The van der Waals surface area contributed by atoms with Gasteiger partial charge in [0.1, 0.15) is 6.61 Å². The van der Waals surface area contributed by atoms with Crippen LogP contribution in [0.2, 0.25) is 0 Å². The second kappa shape index (κ2) is 39.5. The van der Waals surface area contributed by atoms with E-state index in [0.717, 1.165) is 32.1 Å². The zero-order chi connectivity index (χ0) is 39.8. The highest BCUT2D eigenvalue weighted by atomic mass is 31.2. The fourth-order valence-corrected chi connectivity index (χ4v) is 6.57. The van der Waals surface area contributed by atoms with Crippen LogP contribution in [0.15, 0.2) is 36.5 Å². The van der Waals surface area contributed by atoms with E-state index < -0.39 is 38.6 Å². The van der Waals surface area contributed by atoms with Crippen molar-refractivity contribution in [2.75, 3.05) is 13.2 Å². The van der Waals surface area contributed by atoms with Crippen LogP contribution in [0.5, 0.6) is 0 Å². The fourth-order valence-electron chi connectivity index (χ4n) is 6.21. The first-order valence-corrected chi connectivity index (χ1v) is 23.4. The molecule has 0 aromatic heterocycles. The highest BCUT2D eigenvalue weighted by Gasteiger charge is 2.23. The molecule has 0 rings (SSSR count). The van der Waals surface area contributed by atoms with Gasteiger partial charge in [0.2, 0.25) is 0 Å². The number of carbonyl (C=O) groups excluding carboxylic acids is 2. The van der Waals surface area contributed by atoms with Gasteiger partial charge in [-0.1, -0.05) is 192 Å². The number of esters is 2. The van der Waals surface area contributed by atoms with E-state index in [2.05, 4.69) is 30.5 Å². The SMILES string of the molecule is CCCCCCCC/C=C/C/C=C/C=C/C(O)CCCC(=O)O[C@H](COC(=O)CCCCCCCCCCCCCCCCCCCC)COP(=O)(O)O. The summed E-state index contributed by atoms with van der Waals surface area (Å²) in [6, 6.07) is 0. The van der Waals surface area contributed by atoms with Crippen molar-refractivity contribution >= 4 is 19.8 Å². The van der Waals surface area contributed by atoms with Crippen LogP contribution >= 0.6 is 7.82 Å². The molecule has 0 fully saturated rings. The van der Waals surface area contributed by atoms with Gasteiger partial charge < -0.3 is 24.4 Å². The predicted molar refractivity (Wildman–Crippen MR) is 222 cm³/mol. The van der Waals surface area contributed by atoms with Gasteiger partial charge >= 0.3 is 19.8 Å². The highest BCUT2D eigenvalue weighted by Crippen LogP contribution is 2.36. The minimum Gasteiger partial charge on any atom is -0.462 e. The lowest BCUT2D eigenvalue weighted by molar-refractivity contribution is -0.161. The van der Waals surface area contributed by atoms with Crippen molar-refractivity contribution in [2.24, 2.45) is 0 Å². The van der Waals surface area contributed by atoms with Gasteiger partial charge in [0, 0.05) is 12.8 Å². The number of hydrogen-bond acceptors (Lipinski definition) is 7. The van der Waals surface area contributed by atoms with Crippen molar-refractivity contribution in [3.8, 4) is 0 Å². The number of carbonyl (C=O) groups is 2. The fraction of sp³-hybridized carbons (Fsp3) is 0.818. The molecule has 0 saturated heterocycles. The van der Waals surface area contributed by atoms with E-state index in [9.17, 15) is 19.3 Å². The summed E-state index contributed by atoms with van der Waals surface area (Å²) in [5.41, 5.74) is 0. The number of hydrogen-bond donors (Lipinski definition) is 3. The van der Waals surface area contributed by atoms with Gasteiger partial charge in [0.05, 0.1) is 12.7 Å². The predicted octanol–water partition coefficient (Wildman–Crippen LogP) is 12.3. The van der Waals surface area contributed by atoms with Crippen LogP contribution in [0.1, 0.15) is 206 Å².